The SMILES string of the molecule is COc1ccc(-c2ccnc3nc(SCc4c(F)cccc4Cl)nn23)cc1. The molecule has 27 heavy (non-hydrogen) atoms. The van der Waals surface area contributed by atoms with Gasteiger partial charge in [0, 0.05) is 28.1 Å². The molecule has 2 aromatic heterocycles. The summed E-state index contributed by atoms with van der Waals surface area (Å²) in [5.74, 6) is 1.25. The highest BCUT2D eigenvalue weighted by molar-refractivity contribution is 7.98. The molecule has 0 N–H and O–H groups in total. The summed E-state index contributed by atoms with van der Waals surface area (Å²) < 4.78 is 20.8. The molecule has 4 rings (SSSR count). The van der Waals surface area contributed by atoms with Crippen LogP contribution in [0, 0.1) is 5.82 Å². The lowest BCUT2D eigenvalue weighted by molar-refractivity contribution is 0.415. The molecule has 0 unspecified atom stereocenters. The first-order valence-electron chi connectivity index (χ1n) is 8.07. The molecule has 2 heterocycles. The summed E-state index contributed by atoms with van der Waals surface area (Å²) >= 11 is 7.39. The van der Waals surface area contributed by atoms with E-state index in [2.05, 4.69) is 15.1 Å². The molecule has 4 aromatic rings. The first kappa shape index (κ1) is 17.8. The molecule has 0 saturated carbocycles. The number of benzene rings is 2. The predicted octanol–water partition coefficient (Wildman–Crippen LogP) is 4.88. The lowest BCUT2D eigenvalue weighted by atomic mass is 10.1. The molecular formula is C19H14ClFN4OS. The van der Waals surface area contributed by atoms with Crippen LogP contribution >= 0.6 is 23.4 Å². The van der Waals surface area contributed by atoms with Gasteiger partial charge in [0.15, 0.2) is 0 Å². The molecule has 0 atom stereocenters. The molecule has 0 fully saturated rings. The van der Waals surface area contributed by atoms with Crippen molar-refractivity contribution in [3.05, 3.63) is 71.1 Å². The predicted molar refractivity (Wildman–Crippen MR) is 104 cm³/mol. The fourth-order valence-electron chi connectivity index (χ4n) is 2.62. The Morgan fingerprint density at radius 3 is 2.70 bits per heavy atom. The molecule has 0 radical (unpaired) electrons. The molecule has 136 valence electrons. The maximum absolute atomic E-state index is 13.9. The second-order valence-electron chi connectivity index (χ2n) is 5.65. The van der Waals surface area contributed by atoms with E-state index in [4.69, 9.17) is 16.3 Å². The zero-order chi connectivity index (χ0) is 18.8. The molecule has 0 aliphatic carbocycles. The molecule has 2 aromatic carbocycles. The Balaban J connectivity index is 1.64. The van der Waals surface area contributed by atoms with Crippen LogP contribution in [0.2, 0.25) is 5.02 Å². The lowest BCUT2D eigenvalue weighted by Crippen LogP contribution is -1.96. The molecule has 0 spiro atoms. The van der Waals surface area contributed by atoms with Crippen molar-refractivity contribution in [2.75, 3.05) is 7.11 Å². The Bertz CT molecular complexity index is 1080. The normalized spacial score (nSPS) is 11.1. The Hall–Kier alpha value is -2.64. The van der Waals surface area contributed by atoms with Gasteiger partial charge >= 0.3 is 0 Å². The summed E-state index contributed by atoms with van der Waals surface area (Å²) in [4.78, 5) is 8.68. The van der Waals surface area contributed by atoms with Gasteiger partial charge in [-0.25, -0.2) is 9.37 Å². The Morgan fingerprint density at radius 2 is 1.96 bits per heavy atom. The van der Waals surface area contributed by atoms with Gasteiger partial charge in [0.1, 0.15) is 11.6 Å². The van der Waals surface area contributed by atoms with Gasteiger partial charge in [0.05, 0.1) is 12.8 Å². The largest absolute Gasteiger partial charge is 0.497 e. The van der Waals surface area contributed by atoms with Crippen molar-refractivity contribution in [2.45, 2.75) is 10.9 Å². The molecule has 0 aliphatic heterocycles. The summed E-state index contributed by atoms with van der Waals surface area (Å²) in [7, 11) is 1.63. The minimum Gasteiger partial charge on any atom is -0.497 e. The fourth-order valence-corrected chi connectivity index (χ4v) is 3.79. The monoisotopic (exact) mass is 400 g/mol. The van der Waals surface area contributed by atoms with Gasteiger partial charge in [0.2, 0.25) is 5.16 Å². The first-order valence-corrected chi connectivity index (χ1v) is 9.44. The highest BCUT2D eigenvalue weighted by Crippen LogP contribution is 2.28. The standard InChI is InChI=1S/C19H14ClFN4OS/c1-26-13-7-5-12(6-8-13)17-9-10-22-18-23-19(24-25(17)18)27-11-14-15(20)3-2-4-16(14)21/h2-10H,11H2,1H3. The molecule has 0 bridgehead atoms. The minimum atomic E-state index is -0.337. The molecular weight excluding hydrogens is 387 g/mol. The third-order valence-electron chi connectivity index (χ3n) is 4.01. The minimum absolute atomic E-state index is 0.334. The van der Waals surface area contributed by atoms with Crippen LogP contribution in [0.4, 0.5) is 4.39 Å². The van der Waals surface area contributed by atoms with Crippen molar-refractivity contribution in [1.29, 1.82) is 0 Å². The number of hydrogen-bond donors (Lipinski definition) is 0. The number of hydrogen-bond acceptors (Lipinski definition) is 5. The van der Waals surface area contributed by atoms with E-state index in [0.717, 1.165) is 17.0 Å². The quantitative estimate of drug-likeness (QED) is 0.447. The van der Waals surface area contributed by atoms with Crippen LogP contribution in [0.1, 0.15) is 5.56 Å². The molecule has 0 amide bonds. The first-order chi connectivity index (χ1) is 13.2. The zero-order valence-electron chi connectivity index (χ0n) is 14.3. The second kappa shape index (κ2) is 7.54. The Kier molecular flexibility index (Phi) is 4.96. The fraction of sp³-hybridized carbons (Fsp3) is 0.105. The molecule has 0 aliphatic rings. The summed E-state index contributed by atoms with van der Waals surface area (Å²) in [6, 6.07) is 14.2. The van der Waals surface area contributed by atoms with Crippen molar-refractivity contribution in [1.82, 2.24) is 19.6 Å². The summed E-state index contributed by atoms with van der Waals surface area (Å²) in [5, 5.41) is 5.41. The smallest absolute Gasteiger partial charge is 0.253 e. The maximum Gasteiger partial charge on any atom is 0.253 e. The van der Waals surface area contributed by atoms with E-state index in [-0.39, 0.29) is 5.82 Å². The van der Waals surface area contributed by atoms with Crippen LogP contribution < -0.4 is 4.74 Å². The van der Waals surface area contributed by atoms with E-state index >= 15 is 0 Å². The van der Waals surface area contributed by atoms with Crippen LogP contribution in [-0.2, 0) is 5.75 Å². The number of halogens is 2. The van der Waals surface area contributed by atoms with Gasteiger partial charge in [0.25, 0.3) is 5.78 Å². The Morgan fingerprint density at radius 1 is 1.15 bits per heavy atom. The van der Waals surface area contributed by atoms with Crippen LogP contribution in [0.5, 0.6) is 5.75 Å². The van der Waals surface area contributed by atoms with E-state index in [0.29, 0.717) is 27.3 Å². The number of fused-ring (bicyclic) bond motifs is 1. The number of aromatic nitrogens is 4. The summed E-state index contributed by atoms with van der Waals surface area (Å²) in [6.07, 6.45) is 1.69. The van der Waals surface area contributed by atoms with Crippen LogP contribution in [-0.4, -0.2) is 26.7 Å². The average molecular weight is 401 g/mol. The summed E-state index contributed by atoms with van der Waals surface area (Å²) in [5.41, 5.74) is 2.25. The third-order valence-corrected chi connectivity index (χ3v) is 5.23. The number of nitrogens with zero attached hydrogens (tertiary/aromatic N) is 4. The van der Waals surface area contributed by atoms with E-state index < -0.39 is 0 Å². The molecule has 8 heteroatoms. The van der Waals surface area contributed by atoms with Crippen LogP contribution in [0.25, 0.3) is 17.0 Å². The topological polar surface area (TPSA) is 52.3 Å². The molecule has 0 saturated heterocycles. The number of thioether (sulfide) groups is 1. The maximum atomic E-state index is 13.9. The van der Waals surface area contributed by atoms with E-state index in [1.54, 1.807) is 30.0 Å². The van der Waals surface area contributed by atoms with Gasteiger partial charge < -0.3 is 4.74 Å². The van der Waals surface area contributed by atoms with Gasteiger partial charge in [-0.3, -0.25) is 0 Å². The van der Waals surface area contributed by atoms with Gasteiger partial charge in [-0.1, -0.05) is 29.4 Å². The van der Waals surface area contributed by atoms with Gasteiger partial charge in [-0.2, -0.15) is 9.50 Å². The zero-order valence-corrected chi connectivity index (χ0v) is 15.8. The summed E-state index contributed by atoms with van der Waals surface area (Å²) in [6.45, 7) is 0. The van der Waals surface area contributed by atoms with Gasteiger partial charge in [-0.05, 0) is 42.5 Å². The van der Waals surface area contributed by atoms with E-state index in [1.807, 2.05) is 30.3 Å². The van der Waals surface area contributed by atoms with E-state index in [9.17, 15) is 4.39 Å². The highest BCUT2D eigenvalue weighted by atomic mass is 35.5. The lowest BCUT2D eigenvalue weighted by Gasteiger charge is -2.05. The Labute approximate surface area is 164 Å². The van der Waals surface area contributed by atoms with Crippen molar-refractivity contribution < 1.29 is 9.13 Å². The number of methoxy groups -OCH3 is 1. The van der Waals surface area contributed by atoms with E-state index in [1.165, 1.54) is 17.8 Å². The molecule has 5 nitrogen and oxygen atoms in total. The third kappa shape index (κ3) is 3.61. The van der Waals surface area contributed by atoms with Crippen LogP contribution in [0.3, 0.4) is 0 Å². The van der Waals surface area contributed by atoms with Gasteiger partial charge in [-0.15, -0.1) is 5.10 Å². The number of rotatable bonds is 5. The van der Waals surface area contributed by atoms with Crippen molar-refractivity contribution in [3.63, 3.8) is 0 Å². The van der Waals surface area contributed by atoms with Crippen molar-refractivity contribution in [2.24, 2.45) is 0 Å². The highest BCUT2D eigenvalue weighted by Gasteiger charge is 2.13. The van der Waals surface area contributed by atoms with Crippen molar-refractivity contribution in [3.8, 4) is 17.0 Å². The second-order valence-corrected chi connectivity index (χ2v) is 7.00. The van der Waals surface area contributed by atoms with Crippen LogP contribution in [0.15, 0.2) is 59.9 Å². The van der Waals surface area contributed by atoms with Crippen molar-refractivity contribution >= 4 is 29.1 Å². The average Bonchev–Trinajstić information content (AvgIpc) is 3.11. The number of ether oxygens (including phenoxy) is 1.